The lowest BCUT2D eigenvalue weighted by atomic mass is 9.82. The summed E-state index contributed by atoms with van der Waals surface area (Å²) in [5.74, 6) is 0. The molecule has 10 aromatic rings. The van der Waals surface area contributed by atoms with Crippen LogP contribution in [0, 0.1) is 0 Å². The first-order valence-electron chi connectivity index (χ1n) is 18.1. The standard InChI is InChI=1S/C49H35N3/c1-49(2)43-18-10-8-16-37(43)38-25-22-36(30-44(38)49)52-46-27-32-13-7-6-12-31(32)26-42(46)41-24-21-34(29-48(41)52)50-33-20-23-40-39-17-9-11-19-45(39)51(47(40)28-33)35-14-4-3-5-15-35/h3-30,50H,1-2H3. The van der Waals surface area contributed by atoms with Gasteiger partial charge in [0.1, 0.15) is 0 Å². The van der Waals surface area contributed by atoms with Crippen molar-refractivity contribution in [1.29, 1.82) is 0 Å². The highest BCUT2D eigenvalue weighted by molar-refractivity contribution is 6.14. The Morgan fingerprint density at radius 1 is 0.385 bits per heavy atom. The maximum atomic E-state index is 3.81. The zero-order valence-corrected chi connectivity index (χ0v) is 29.1. The molecule has 52 heavy (non-hydrogen) atoms. The zero-order valence-electron chi connectivity index (χ0n) is 29.1. The van der Waals surface area contributed by atoms with Crippen LogP contribution in [-0.2, 0) is 5.41 Å². The Kier molecular flexibility index (Phi) is 6.01. The third kappa shape index (κ3) is 4.14. The van der Waals surface area contributed by atoms with Crippen LogP contribution >= 0.6 is 0 Å². The van der Waals surface area contributed by atoms with Gasteiger partial charge in [-0.05, 0) is 99.8 Å². The summed E-state index contributed by atoms with van der Waals surface area (Å²) in [6.45, 7) is 4.72. The van der Waals surface area contributed by atoms with Crippen molar-refractivity contribution in [3.8, 4) is 22.5 Å². The lowest BCUT2D eigenvalue weighted by Crippen LogP contribution is -2.15. The number of rotatable bonds is 4. The molecule has 0 unspecified atom stereocenters. The summed E-state index contributed by atoms with van der Waals surface area (Å²) in [6, 6.07) is 62.3. The molecule has 0 saturated carbocycles. The van der Waals surface area contributed by atoms with Crippen molar-refractivity contribution in [2.24, 2.45) is 0 Å². The molecule has 2 aromatic heterocycles. The molecule has 11 rings (SSSR count). The van der Waals surface area contributed by atoms with Gasteiger partial charge < -0.3 is 14.5 Å². The first-order chi connectivity index (χ1) is 25.5. The zero-order chi connectivity index (χ0) is 34.6. The number of benzene rings is 8. The van der Waals surface area contributed by atoms with Gasteiger partial charge in [-0.2, -0.15) is 0 Å². The monoisotopic (exact) mass is 665 g/mol. The molecule has 0 radical (unpaired) electrons. The fourth-order valence-electron chi connectivity index (χ4n) is 8.96. The van der Waals surface area contributed by atoms with E-state index in [1.807, 2.05) is 0 Å². The van der Waals surface area contributed by atoms with Crippen molar-refractivity contribution in [3.05, 3.63) is 181 Å². The van der Waals surface area contributed by atoms with E-state index in [9.17, 15) is 0 Å². The van der Waals surface area contributed by atoms with Crippen molar-refractivity contribution in [2.75, 3.05) is 5.32 Å². The van der Waals surface area contributed by atoms with E-state index < -0.39 is 0 Å². The Balaban J connectivity index is 1.10. The van der Waals surface area contributed by atoms with E-state index in [2.05, 4.69) is 198 Å². The van der Waals surface area contributed by atoms with Crippen molar-refractivity contribution in [1.82, 2.24) is 9.13 Å². The predicted molar refractivity (Wildman–Crippen MR) is 220 cm³/mol. The van der Waals surface area contributed by atoms with Gasteiger partial charge in [0, 0.05) is 49.7 Å². The first-order valence-corrected chi connectivity index (χ1v) is 18.1. The quantitative estimate of drug-likeness (QED) is 0.199. The summed E-state index contributed by atoms with van der Waals surface area (Å²) in [5, 5.41) is 11.3. The maximum Gasteiger partial charge on any atom is 0.0561 e. The molecule has 1 aliphatic rings. The topological polar surface area (TPSA) is 21.9 Å². The van der Waals surface area contributed by atoms with Gasteiger partial charge in [-0.15, -0.1) is 0 Å². The molecular formula is C49H35N3. The summed E-state index contributed by atoms with van der Waals surface area (Å²) < 4.78 is 4.84. The highest BCUT2D eigenvalue weighted by Gasteiger charge is 2.35. The molecule has 2 heterocycles. The van der Waals surface area contributed by atoms with E-state index in [0.29, 0.717) is 0 Å². The van der Waals surface area contributed by atoms with Crippen LogP contribution in [0.5, 0.6) is 0 Å². The van der Waals surface area contributed by atoms with Crippen LogP contribution in [0.4, 0.5) is 11.4 Å². The van der Waals surface area contributed by atoms with Crippen LogP contribution in [0.25, 0.3) is 76.9 Å². The van der Waals surface area contributed by atoms with E-state index in [1.54, 1.807) is 0 Å². The lowest BCUT2D eigenvalue weighted by molar-refractivity contribution is 0.660. The summed E-state index contributed by atoms with van der Waals surface area (Å²) in [5.41, 5.74) is 14.6. The number of hydrogen-bond acceptors (Lipinski definition) is 1. The Morgan fingerprint density at radius 3 is 1.75 bits per heavy atom. The minimum absolute atomic E-state index is 0.0824. The second kappa shape index (κ2) is 10.7. The molecule has 0 saturated heterocycles. The second-order valence-corrected chi connectivity index (χ2v) is 14.7. The van der Waals surface area contributed by atoms with E-state index in [4.69, 9.17) is 0 Å². The number of hydrogen-bond donors (Lipinski definition) is 1. The molecule has 0 bridgehead atoms. The number of anilines is 2. The van der Waals surface area contributed by atoms with Gasteiger partial charge in [0.2, 0.25) is 0 Å². The second-order valence-electron chi connectivity index (χ2n) is 14.7. The largest absolute Gasteiger partial charge is 0.355 e. The smallest absolute Gasteiger partial charge is 0.0561 e. The van der Waals surface area contributed by atoms with Crippen molar-refractivity contribution >= 4 is 65.8 Å². The Bertz CT molecular complexity index is 3070. The highest BCUT2D eigenvalue weighted by Crippen LogP contribution is 2.49. The van der Waals surface area contributed by atoms with Gasteiger partial charge in [-0.1, -0.05) is 117 Å². The fraction of sp³-hybridized carbons (Fsp3) is 0.0612. The average molecular weight is 666 g/mol. The molecule has 3 nitrogen and oxygen atoms in total. The van der Waals surface area contributed by atoms with Gasteiger partial charge in [-0.25, -0.2) is 0 Å². The SMILES string of the molecule is CC1(C)c2ccccc2-c2ccc(-n3c4cc(Nc5ccc6c7ccccc7n(-c7ccccc7)c6c5)ccc4c4cc5ccccc5cc43)cc21. The van der Waals surface area contributed by atoms with Crippen LogP contribution in [-0.4, -0.2) is 9.13 Å². The Hall–Kier alpha value is -6.58. The lowest BCUT2D eigenvalue weighted by Gasteiger charge is -2.22. The summed E-state index contributed by atoms with van der Waals surface area (Å²) in [6.07, 6.45) is 0. The van der Waals surface area contributed by atoms with Gasteiger partial charge in [0.25, 0.3) is 0 Å². The number of nitrogens with one attached hydrogen (secondary N) is 1. The van der Waals surface area contributed by atoms with E-state index in [0.717, 1.165) is 17.1 Å². The molecule has 8 aromatic carbocycles. The third-order valence-electron chi connectivity index (χ3n) is 11.4. The van der Waals surface area contributed by atoms with Crippen molar-refractivity contribution < 1.29 is 0 Å². The molecule has 0 fully saturated rings. The Morgan fingerprint density at radius 2 is 0.962 bits per heavy atom. The highest BCUT2D eigenvalue weighted by atomic mass is 15.0. The summed E-state index contributed by atoms with van der Waals surface area (Å²) in [4.78, 5) is 0. The van der Waals surface area contributed by atoms with E-state index >= 15 is 0 Å². The third-order valence-corrected chi connectivity index (χ3v) is 11.4. The first kappa shape index (κ1) is 29.2. The van der Waals surface area contributed by atoms with Crippen LogP contribution in [0.15, 0.2) is 170 Å². The molecule has 0 aliphatic heterocycles. The van der Waals surface area contributed by atoms with Gasteiger partial charge >= 0.3 is 0 Å². The summed E-state index contributed by atoms with van der Waals surface area (Å²) >= 11 is 0. The van der Waals surface area contributed by atoms with Gasteiger partial charge in [0.05, 0.1) is 22.1 Å². The van der Waals surface area contributed by atoms with Gasteiger partial charge in [0.15, 0.2) is 0 Å². The maximum absolute atomic E-state index is 3.81. The summed E-state index contributed by atoms with van der Waals surface area (Å²) in [7, 11) is 0. The molecule has 1 N–H and O–H groups in total. The molecule has 3 heteroatoms. The Labute approximate surface area is 302 Å². The molecule has 0 spiro atoms. The van der Waals surface area contributed by atoms with Crippen LogP contribution in [0.1, 0.15) is 25.0 Å². The minimum Gasteiger partial charge on any atom is -0.355 e. The molecular weight excluding hydrogens is 631 g/mol. The minimum atomic E-state index is -0.0824. The van der Waals surface area contributed by atoms with E-state index in [1.165, 1.54) is 82.3 Å². The van der Waals surface area contributed by atoms with Crippen LogP contribution in [0.3, 0.4) is 0 Å². The number of para-hydroxylation sites is 2. The number of fused-ring (bicyclic) bond motifs is 10. The molecule has 0 amide bonds. The van der Waals surface area contributed by atoms with Crippen molar-refractivity contribution in [3.63, 3.8) is 0 Å². The van der Waals surface area contributed by atoms with Gasteiger partial charge in [-0.3, -0.25) is 0 Å². The predicted octanol–water partition coefficient (Wildman–Crippen LogP) is 13.1. The normalized spacial score (nSPS) is 13.3. The molecule has 1 aliphatic carbocycles. The number of nitrogens with zero attached hydrogens (tertiary/aromatic N) is 2. The fourth-order valence-corrected chi connectivity index (χ4v) is 8.96. The van der Waals surface area contributed by atoms with E-state index in [-0.39, 0.29) is 5.41 Å². The molecule has 246 valence electrons. The van der Waals surface area contributed by atoms with Crippen LogP contribution < -0.4 is 5.32 Å². The molecule has 0 atom stereocenters. The average Bonchev–Trinajstić information content (AvgIpc) is 3.76. The van der Waals surface area contributed by atoms with Crippen LogP contribution in [0.2, 0.25) is 0 Å². The number of aromatic nitrogens is 2. The van der Waals surface area contributed by atoms with Crippen molar-refractivity contribution in [2.45, 2.75) is 19.3 Å².